The van der Waals surface area contributed by atoms with Crippen LogP contribution in [0.15, 0.2) is 18.2 Å². The van der Waals surface area contributed by atoms with Crippen LogP contribution in [0.3, 0.4) is 0 Å². The number of nitrogens with zero attached hydrogens (tertiary/aromatic N) is 1. The fraction of sp³-hybridized carbons (Fsp3) is 0.462. The van der Waals surface area contributed by atoms with Crippen molar-refractivity contribution in [1.29, 1.82) is 0 Å². The molecule has 1 aromatic carbocycles. The van der Waals surface area contributed by atoms with Crippen LogP contribution in [0, 0.1) is 0 Å². The van der Waals surface area contributed by atoms with Gasteiger partial charge in [-0.05, 0) is 31.0 Å². The highest BCUT2D eigenvalue weighted by molar-refractivity contribution is 7.89. The van der Waals surface area contributed by atoms with Crippen LogP contribution < -0.4 is 11.1 Å². The van der Waals surface area contributed by atoms with Crippen LogP contribution >= 0.6 is 11.6 Å². The second-order valence-corrected chi connectivity index (χ2v) is 7.45. The van der Waals surface area contributed by atoms with E-state index in [1.807, 2.05) is 0 Å². The second kappa shape index (κ2) is 6.64. The summed E-state index contributed by atoms with van der Waals surface area (Å²) in [5, 5.41) is 3.15. The van der Waals surface area contributed by atoms with E-state index >= 15 is 0 Å². The lowest BCUT2D eigenvalue weighted by Crippen LogP contribution is -2.27. The zero-order valence-corrected chi connectivity index (χ0v) is 13.1. The van der Waals surface area contributed by atoms with E-state index in [-0.39, 0.29) is 18.1 Å². The van der Waals surface area contributed by atoms with Crippen molar-refractivity contribution in [2.75, 3.05) is 29.9 Å². The highest BCUT2D eigenvalue weighted by Crippen LogP contribution is 2.22. The van der Waals surface area contributed by atoms with Gasteiger partial charge in [0.05, 0.1) is 16.5 Å². The number of hydrogen-bond acceptors (Lipinski definition) is 4. The van der Waals surface area contributed by atoms with Gasteiger partial charge in [0.15, 0.2) is 0 Å². The quantitative estimate of drug-likeness (QED) is 0.803. The van der Waals surface area contributed by atoms with E-state index < -0.39 is 10.0 Å². The van der Waals surface area contributed by atoms with Gasteiger partial charge in [-0.3, -0.25) is 4.79 Å². The SMILES string of the molecule is Nc1cc(NC(=O)CCCN2CCCS2(=O)=O)ccc1Cl. The maximum absolute atomic E-state index is 11.8. The van der Waals surface area contributed by atoms with E-state index in [0.717, 1.165) is 0 Å². The van der Waals surface area contributed by atoms with Crippen molar-refractivity contribution < 1.29 is 13.2 Å². The molecule has 1 aromatic rings. The molecule has 0 aliphatic carbocycles. The molecule has 6 nitrogen and oxygen atoms in total. The molecular formula is C13H18ClN3O3S. The first-order valence-corrected chi connectivity index (χ1v) is 8.70. The average molecular weight is 332 g/mol. The standard InChI is InChI=1S/C13H18ClN3O3S/c14-11-5-4-10(9-12(11)15)16-13(18)3-1-6-17-7-2-8-21(17,19)20/h4-5,9H,1-3,6-8,15H2,(H,16,18). The summed E-state index contributed by atoms with van der Waals surface area (Å²) in [6, 6.07) is 4.87. The molecule has 0 radical (unpaired) electrons. The lowest BCUT2D eigenvalue weighted by Gasteiger charge is -2.13. The van der Waals surface area contributed by atoms with Gasteiger partial charge in [0.2, 0.25) is 15.9 Å². The van der Waals surface area contributed by atoms with Crippen molar-refractivity contribution >= 4 is 38.9 Å². The third kappa shape index (κ3) is 4.33. The van der Waals surface area contributed by atoms with E-state index in [4.69, 9.17) is 17.3 Å². The van der Waals surface area contributed by atoms with Crippen LogP contribution in [0.2, 0.25) is 5.02 Å². The molecule has 2 rings (SSSR count). The number of nitrogens with two attached hydrogens (primary N) is 1. The van der Waals surface area contributed by atoms with Crippen molar-refractivity contribution in [3.8, 4) is 0 Å². The fourth-order valence-corrected chi connectivity index (χ4v) is 3.89. The molecule has 1 saturated heterocycles. The van der Waals surface area contributed by atoms with Gasteiger partial charge in [0.1, 0.15) is 0 Å². The predicted octanol–water partition coefficient (Wildman–Crippen LogP) is 1.68. The van der Waals surface area contributed by atoms with Crippen molar-refractivity contribution in [3.05, 3.63) is 23.2 Å². The van der Waals surface area contributed by atoms with Gasteiger partial charge in [0, 0.05) is 25.2 Å². The van der Waals surface area contributed by atoms with Crippen LogP contribution in [-0.2, 0) is 14.8 Å². The largest absolute Gasteiger partial charge is 0.397 e. The summed E-state index contributed by atoms with van der Waals surface area (Å²) in [6.45, 7) is 0.941. The van der Waals surface area contributed by atoms with Gasteiger partial charge in [-0.15, -0.1) is 0 Å². The summed E-state index contributed by atoms with van der Waals surface area (Å²) in [5.41, 5.74) is 6.63. The molecule has 0 bridgehead atoms. The minimum absolute atomic E-state index is 0.173. The van der Waals surface area contributed by atoms with Gasteiger partial charge < -0.3 is 11.1 Å². The molecule has 8 heteroatoms. The summed E-state index contributed by atoms with van der Waals surface area (Å²) in [6.07, 6.45) is 1.42. The highest BCUT2D eigenvalue weighted by Gasteiger charge is 2.27. The number of amides is 1. The summed E-state index contributed by atoms with van der Waals surface area (Å²) >= 11 is 5.80. The first kappa shape index (κ1) is 16.1. The van der Waals surface area contributed by atoms with Crippen molar-refractivity contribution in [1.82, 2.24) is 4.31 Å². The lowest BCUT2D eigenvalue weighted by molar-refractivity contribution is -0.116. The monoisotopic (exact) mass is 331 g/mol. The third-order valence-electron chi connectivity index (χ3n) is 3.29. The number of benzene rings is 1. The highest BCUT2D eigenvalue weighted by atomic mass is 35.5. The van der Waals surface area contributed by atoms with Gasteiger partial charge >= 0.3 is 0 Å². The molecule has 1 heterocycles. The Morgan fingerprint density at radius 3 is 2.81 bits per heavy atom. The Bertz CT molecular complexity index is 634. The average Bonchev–Trinajstić information content (AvgIpc) is 2.73. The summed E-state index contributed by atoms with van der Waals surface area (Å²) < 4.78 is 24.6. The number of carbonyl (C=O) groups is 1. The zero-order valence-electron chi connectivity index (χ0n) is 11.5. The molecule has 21 heavy (non-hydrogen) atoms. The van der Waals surface area contributed by atoms with Gasteiger partial charge in [-0.2, -0.15) is 0 Å². The maximum Gasteiger partial charge on any atom is 0.224 e. The number of hydrogen-bond donors (Lipinski definition) is 2. The molecule has 0 atom stereocenters. The number of nitrogens with one attached hydrogen (secondary N) is 1. The van der Waals surface area contributed by atoms with Crippen LogP contribution in [0.4, 0.5) is 11.4 Å². The Hall–Kier alpha value is -1.31. The summed E-state index contributed by atoms with van der Waals surface area (Å²) in [5.74, 6) is 0.0387. The van der Waals surface area contributed by atoms with E-state index in [2.05, 4.69) is 5.32 Å². The number of rotatable bonds is 5. The summed E-state index contributed by atoms with van der Waals surface area (Å²) in [7, 11) is -3.08. The Balaban J connectivity index is 1.78. The van der Waals surface area contributed by atoms with Crippen LogP contribution in [0.5, 0.6) is 0 Å². The Morgan fingerprint density at radius 2 is 2.19 bits per heavy atom. The predicted molar refractivity (Wildman–Crippen MR) is 83.7 cm³/mol. The third-order valence-corrected chi connectivity index (χ3v) is 5.60. The van der Waals surface area contributed by atoms with E-state index in [1.165, 1.54) is 4.31 Å². The smallest absolute Gasteiger partial charge is 0.224 e. The molecule has 0 unspecified atom stereocenters. The molecule has 116 valence electrons. The molecular weight excluding hydrogens is 314 g/mol. The van der Waals surface area contributed by atoms with Crippen molar-refractivity contribution in [2.24, 2.45) is 0 Å². The van der Waals surface area contributed by atoms with E-state index in [1.54, 1.807) is 18.2 Å². The molecule has 1 fully saturated rings. The minimum Gasteiger partial charge on any atom is -0.397 e. The molecule has 1 aliphatic heterocycles. The first-order valence-electron chi connectivity index (χ1n) is 6.71. The second-order valence-electron chi connectivity index (χ2n) is 4.96. The normalized spacial score (nSPS) is 17.8. The molecule has 0 aromatic heterocycles. The Morgan fingerprint density at radius 1 is 1.43 bits per heavy atom. The minimum atomic E-state index is -3.08. The molecule has 1 amide bonds. The number of halogens is 1. The van der Waals surface area contributed by atoms with E-state index in [0.29, 0.717) is 42.3 Å². The molecule has 0 saturated carbocycles. The molecule has 1 aliphatic rings. The first-order chi connectivity index (χ1) is 9.88. The molecule has 3 N–H and O–H groups in total. The Kier molecular flexibility index (Phi) is 5.08. The number of anilines is 2. The van der Waals surface area contributed by atoms with Gasteiger partial charge in [-0.25, -0.2) is 12.7 Å². The number of carbonyl (C=O) groups excluding carboxylic acids is 1. The topological polar surface area (TPSA) is 92.5 Å². The fourth-order valence-electron chi connectivity index (χ4n) is 2.20. The molecule has 0 spiro atoms. The van der Waals surface area contributed by atoms with E-state index in [9.17, 15) is 13.2 Å². The Labute approximate surface area is 129 Å². The number of nitrogen functional groups attached to an aromatic ring is 1. The number of sulfonamides is 1. The van der Waals surface area contributed by atoms with Crippen molar-refractivity contribution in [3.63, 3.8) is 0 Å². The zero-order chi connectivity index (χ0) is 15.5. The van der Waals surface area contributed by atoms with Gasteiger partial charge in [-0.1, -0.05) is 11.6 Å². The lowest BCUT2D eigenvalue weighted by atomic mass is 10.2. The van der Waals surface area contributed by atoms with Crippen molar-refractivity contribution in [2.45, 2.75) is 19.3 Å². The van der Waals surface area contributed by atoms with Crippen LogP contribution in [0.25, 0.3) is 0 Å². The van der Waals surface area contributed by atoms with Crippen LogP contribution in [0.1, 0.15) is 19.3 Å². The van der Waals surface area contributed by atoms with Crippen LogP contribution in [-0.4, -0.2) is 37.5 Å². The summed E-state index contributed by atoms with van der Waals surface area (Å²) in [4.78, 5) is 11.8. The van der Waals surface area contributed by atoms with Gasteiger partial charge in [0.25, 0.3) is 0 Å². The maximum atomic E-state index is 11.8.